The Kier molecular flexibility index (Phi) is 5.41. The van der Waals surface area contributed by atoms with Gasteiger partial charge < -0.3 is 9.80 Å². The number of aromatic nitrogens is 2. The highest BCUT2D eigenvalue weighted by atomic mass is 19.1. The molecule has 1 fully saturated rings. The van der Waals surface area contributed by atoms with Gasteiger partial charge in [-0.1, -0.05) is 12.1 Å². The molecule has 140 valence electrons. The van der Waals surface area contributed by atoms with Gasteiger partial charge in [-0.3, -0.25) is 4.79 Å². The maximum Gasteiger partial charge on any atom is 0.257 e. The number of rotatable bonds is 4. The Balaban J connectivity index is 1.76. The minimum absolute atomic E-state index is 0.0481. The fourth-order valence-electron chi connectivity index (χ4n) is 3.63. The highest BCUT2D eigenvalue weighted by Crippen LogP contribution is 2.22. The predicted octanol–water partition coefficient (Wildman–Crippen LogP) is 3.26. The van der Waals surface area contributed by atoms with Gasteiger partial charge in [0.25, 0.3) is 5.91 Å². The first-order valence-electron chi connectivity index (χ1n) is 9.21. The lowest BCUT2D eigenvalue weighted by Crippen LogP contribution is -2.47. The Morgan fingerprint density at radius 3 is 2.54 bits per heavy atom. The first kappa shape index (κ1) is 18.6. The third-order valence-corrected chi connectivity index (χ3v) is 5.42. The van der Waals surface area contributed by atoms with Gasteiger partial charge in [0.2, 0.25) is 0 Å². The minimum atomic E-state index is -0.355. The van der Waals surface area contributed by atoms with Crippen LogP contribution in [0.25, 0.3) is 5.69 Å². The SMILES string of the molecule is Cc1c(C(=O)N(C)C2CCN(C(C)C)CC2)cnn1-c1ccccc1F. The van der Waals surface area contributed by atoms with E-state index in [1.54, 1.807) is 24.4 Å². The van der Waals surface area contributed by atoms with Crippen LogP contribution in [0.4, 0.5) is 4.39 Å². The van der Waals surface area contributed by atoms with Gasteiger partial charge in [-0.2, -0.15) is 5.10 Å². The van der Waals surface area contributed by atoms with Crippen molar-refractivity contribution < 1.29 is 9.18 Å². The molecule has 26 heavy (non-hydrogen) atoms. The number of nitrogens with zero attached hydrogens (tertiary/aromatic N) is 4. The number of para-hydroxylation sites is 1. The van der Waals surface area contributed by atoms with Crippen molar-refractivity contribution in [3.63, 3.8) is 0 Å². The average molecular weight is 358 g/mol. The fourth-order valence-corrected chi connectivity index (χ4v) is 3.63. The Bertz CT molecular complexity index is 778. The molecule has 2 heterocycles. The van der Waals surface area contributed by atoms with E-state index in [-0.39, 0.29) is 17.8 Å². The van der Waals surface area contributed by atoms with Gasteiger partial charge >= 0.3 is 0 Å². The largest absolute Gasteiger partial charge is 0.339 e. The Labute approximate surface area is 154 Å². The first-order valence-corrected chi connectivity index (χ1v) is 9.21. The number of hydrogen-bond donors (Lipinski definition) is 0. The lowest BCUT2D eigenvalue weighted by molar-refractivity contribution is 0.0614. The molecule has 1 aliphatic rings. The van der Waals surface area contributed by atoms with Crippen LogP contribution in [-0.4, -0.2) is 57.7 Å². The second-order valence-electron chi connectivity index (χ2n) is 7.28. The molecule has 3 rings (SSSR count). The zero-order chi connectivity index (χ0) is 18.8. The number of halogens is 1. The molecule has 1 amide bonds. The fraction of sp³-hybridized carbons (Fsp3) is 0.500. The van der Waals surface area contributed by atoms with Gasteiger partial charge in [-0.05, 0) is 45.7 Å². The van der Waals surface area contributed by atoms with Crippen LogP contribution in [-0.2, 0) is 0 Å². The molecule has 1 aliphatic heterocycles. The summed E-state index contributed by atoms with van der Waals surface area (Å²) in [6.07, 6.45) is 3.49. The lowest BCUT2D eigenvalue weighted by atomic mass is 10.0. The highest BCUT2D eigenvalue weighted by molar-refractivity contribution is 5.95. The molecule has 0 N–H and O–H groups in total. The smallest absolute Gasteiger partial charge is 0.257 e. The van der Waals surface area contributed by atoms with E-state index in [1.807, 2.05) is 18.9 Å². The maximum atomic E-state index is 14.1. The first-order chi connectivity index (χ1) is 12.4. The third-order valence-electron chi connectivity index (χ3n) is 5.42. The number of piperidine rings is 1. The molecule has 0 bridgehead atoms. The zero-order valence-corrected chi connectivity index (χ0v) is 15.9. The van der Waals surface area contributed by atoms with Gasteiger partial charge in [0, 0.05) is 32.2 Å². The number of benzene rings is 1. The van der Waals surface area contributed by atoms with Crippen molar-refractivity contribution in [1.29, 1.82) is 0 Å². The molecule has 6 heteroatoms. The van der Waals surface area contributed by atoms with Crippen LogP contribution in [0.5, 0.6) is 0 Å². The molecular weight excluding hydrogens is 331 g/mol. The number of carbonyl (C=O) groups excluding carboxylic acids is 1. The Morgan fingerprint density at radius 1 is 1.27 bits per heavy atom. The van der Waals surface area contributed by atoms with E-state index in [2.05, 4.69) is 23.8 Å². The Morgan fingerprint density at radius 2 is 1.92 bits per heavy atom. The molecule has 2 aromatic rings. The van der Waals surface area contributed by atoms with Crippen molar-refractivity contribution in [2.75, 3.05) is 20.1 Å². The van der Waals surface area contributed by atoms with Gasteiger partial charge in [-0.25, -0.2) is 9.07 Å². The van der Waals surface area contributed by atoms with Crippen LogP contribution in [0.2, 0.25) is 0 Å². The second kappa shape index (κ2) is 7.58. The summed E-state index contributed by atoms with van der Waals surface area (Å²) in [4.78, 5) is 17.2. The summed E-state index contributed by atoms with van der Waals surface area (Å²) < 4.78 is 15.6. The molecule has 5 nitrogen and oxygen atoms in total. The van der Waals surface area contributed by atoms with Gasteiger partial charge in [0.1, 0.15) is 11.5 Å². The molecular formula is C20H27FN4O. The summed E-state index contributed by atoms with van der Waals surface area (Å²) in [6.45, 7) is 8.23. The number of carbonyl (C=O) groups is 1. The van der Waals surface area contributed by atoms with Crippen LogP contribution < -0.4 is 0 Å². The van der Waals surface area contributed by atoms with E-state index in [0.29, 0.717) is 23.0 Å². The van der Waals surface area contributed by atoms with E-state index >= 15 is 0 Å². The molecule has 1 aromatic heterocycles. The van der Waals surface area contributed by atoms with Crippen molar-refractivity contribution in [3.8, 4) is 5.69 Å². The standard InChI is InChI=1S/C20H27FN4O/c1-14(2)24-11-9-16(10-12-24)23(4)20(26)17-13-22-25(15(17)3)19-8-6-5-7-18(19)21/h5-8,13-14,16H,9-12H2,1-4H3. The summed E-state index contributed by atoms with van der Waals surface area (Å²) >= 11 is 0. The van der Waals surface area contributed by atoms with Gasteiger partial charge in [0.05, 0.1) is 17.5 Å². The molecule has 0 radical (unpaired) electrons. The third kappa shape index (κ3) is 3.51. The van der Waals surface area contributed by atoms with E-state index in [0.717, 1.165) is 25.9 Å². The summed E-state index contributed by atoms with van der Waals surface area (Å²) in [5, 5.41) is 4.25. The van der Waals surface area contributed by atoms with E-state index in [1.165, 1.54) is 10.7 Å². The van der Waals surface area contributed by atoms with Crippen LogP contribution in [0.3, 0.4) is 0 Å². The summed E-state index contributed by atoms with van der Waals surface area (Å²) in [5.74, 6) is -0.403. The lowest BCUT2D eigenvalue weighted by Gasteiger charge is -2.38. The van der Waals surface area contributed by atoms with Gasteiger partial charge in [-0.15, -0.1) is 0 Å². The van der Waals surface area contributed by atoms with E-state index in [9.17, 15) is 9.18 Å². The van der Waals surface area contributed by atoms with Crippen molar-refractivity contribution in [1.82, 2.24) is 19.6 Å². The van der Waals surface area contributed by atoms with E-state index < -0.39 is 0 Å². The van der Waals surface area contributed by atoms with Crippen molar-refractivity contribution in [2.24, 2.45) is 0 Å². The number of hydrogen-bond acceptors (Lipinski definition) is 3. The van der Waals surface area contributed by atoms with Crippen molar-refractivity contribution in [2.45, 2.75) is 45.7 Å². The van der Waals surface area contributed by atoms with Crippen LogP contribution in [0.1, 0.15) is 42.7 Å². The topological polar surface area (TPSA) is 41.4 Å². The maximum absolute atomic E-state index is 14.1. The predicted molar refractivity (Wildman–Crippen MR) is 100 cm³/mol. The van der Waals surface area contributed by atoms with Crippen LogP contribution in [0.15, 0.2) is 30.5 Å². The molecule has 1 saturated heterocycles. The van der Waals surface area contributed by atoms with E-state index in [4.69, 9.17) is 0 Å². The quantitative estimate of drug-likeness (QED) is 0.842. The normalized spacial score (nSPS) is 16.2. The van der Waals surface area contributed by atoms with Crippen molar-refractivity contribution >= 4 is 5.91 Å². The summed E-state index contributed by atoms with van der Waals surface area (Å²) in [5.41, 5.74) is 1.55. The molecule has 0 spiro atoms. The minimum Gasteiger partial charge on any atom is -0.339 e. The molecule has 0 saturated carbocycles. The molecule has 0 atom stereocenters. The van der Waals surface area contributed by atoms with Crippen molar-refractivity contribution in [3.05, 3.63) is 47.5 Å². The molecule has 1 aromatic carbocycles. The summed E-state index contributed by atoms with van der Waals surface area (Å²) in [7, 11) is 1.86. The zero-order valence-electron chi connectivity index (χ0n) is 15.9. The van der Waals surface area contributed by atoms with Crippen LogP contribution in [0, 0.1) is 12.7 Å². The number of likely N-dealkylation sites (tertiary alicyclic amines) is 1. The highest BCUT2D eigenvalue weighted by Gasteiger charge is 2.28. The Hall–Kier alpha value is -2.21. The molecule has 0 aliphatic carbocycles. The second-order valence-corrected chi connectivity index (χ2v) is 7.28. The monoisotopic (exact) mass is 358 g/mol. The van der Waals surface area contributed by atoms with Gasteiger partial charge in [0.15, 0.2) is 0 Å². The molecule has 0 unspecified atom stereocenters. The number of amides is 1. The summed E-state index contributed by atoms with van der Waals surface area (Å²) in [6, 6.07) is 7.23. The van der Waals surface area contributed by atoms with Crippen LogP contribution >= 0.6 is 0 Å². The average Bonchev–Trinajstić information content (AvgIpc) is 3.02.